The lowest BCUT2D eigenvalue weighted by Crippen LogP contribution is -2.42. The molecule has 100 valence electrons. The molecule has 1 saturated heterocycles. The van der Waals surface area contributed by atoms with Crippen molar-refractivity contribution >= 4 is 0 Å². The number of aryl methyl sites for hydroxylation is 1. The molecular weight excluding hydrogens is 224 g/mol. The van der Waals surface area contributed by atoms with Gasteiger partial charge in [-0.05, 0) is 51.2 Å². The standard InChI is InChI=1S/C14H24N4/c1-17-10-13(9-16-17)11-18-6-4-14(5-7-18)15-8-12-2-3-12/h9-10,12,14-15H,2-8,11H2,1H3. The molecule has 3 rings (SSSR count). The van der Waals surface area contributed by atoms with Crippen LogP contribution in [0.2, 0.25) is 0 Å². The lowest BCUT2D eigenvalue weighted by Gasteiger charge is -2.32. The third kappa shape index (κ3) is 3.33. The average molecular weight is 248 g/mol. The Kier molecular flexibility index (Phi) is 3.66. The number of hydrogen-bond donors (Lipinski definition) is 1. The fourth-order valence-corrected chi connectivity index (χ4v) is 2.76. The van der Waals surface area contributed by atoms with Gasteiger partial charge in [0.2, 0.25) is 0 Å². The molecule has 1 aromatic heterocycles. The molecule has 0 unspecified atom stereocenters. The molecule has 0 aromatic carbocycles. The number of hydrogen-bond acceptors (Lipinski definition) is 3. The zero-order valence-corrected chi connectivity index (χ0v) is 11.3. The van der Waals surface area contributed by atoms with E-state index >= 15 is 0 Å². The fourth-order valence-electron chi connectivity index (χ4n) is 2.76. The third-order valence-corrected chi connectivity index (χ3v) is 4.14. The van der Waals surface area contributed by atoms with Crippen LogP contribution in [0.15, 0.2) is 12.4 Å². The van der Waals surface area contributed by atoms with E-state index in [1.165, 1.54) is 50.9 Å². The van der Waals surface area contributed by atoms with Gasteiger partial charge < -0.3 is 5.32 Å². The Balaban J connectivity index is 1.39. The molecule has 2 heterocycles. The highest BCUT2D eigenvalue weighted by Gasteiger charge is 2.24. The number of aromatic nitrogens is 2. The highest BCUT2D eigenvalue weighted by atomic mass is 15.2. The van der Waals surface area contributed by atoms with Gasteiger partial charge in [-0.2, -0.15) is 5.10 Å². The van der Waals surface area contributed by atoms with Crippen molar-refractivity contribution in [1.82, 2.24) is 20.0 Å². The summed E-state index contributed by atoms with van der Waals surface area (Å²) in [6.45, 7) is 4.75. The van der Waals surface area contributed by atoms with Crippen LogP contribution in [-0.4, -0.2) is 40.4 Å². The van der Waals surface area contributed by atoms with Gasteiger partial charge in [-0.25, -0.2) is 0 Å². The maximum absolute atomic E-state index is 4.23. The first-order valence-electron chi connectivity index (χ1n) is 7.23. The van der Waals surface area contributed by atoms with E-state index in [-0.39, 0.29) is 0 Å². The topological polar surface area (TPSA) is 33.1 Å². The van der Waals surface area contributed by atoms with E-state index in [1.807, 2.05) is 17.9 Å². The van der Waals surface area contributed by atoms with Crippen LogP contribution in [-0.2, 0) is 13.6 Å². The van der Waals surface area contributed by atoms with Crippen LogP contribution < -0.4 is 5.32 Å². The minimum atomic E-state index is 0.760. The molecule has 4 nitrogen and oxygen atoms in total. The van der Waals surface area contributed by atoms with Crippen LogP contribution in [0.4, 0.5) is 0 Å². The van der Waals surface area contributed by atoms with Crippen molar-refractivity contribution in [2.75, 3.05) is 19.6 Å². The number of nitrogens with zero attached hydrogens (tertiary/aromatic N) is 3. The predicted molar refractivity (Wildman–Crippen MR) is 72.2 cm³/mol. The number of nitrogens with one attached hydrogen (secondary N) is 1. The highest BCUT2D eigenvalue weighted by Crippen LogP contribution is 2.28. The second kappa shape index (κ2) is 5.41. The summed E-state index contributed by atoms with van der Waals surface area (Å²) in [7, 11) is 1.98. The molecular formula is C14H24N4. The monoisotopic (exact) mass is 248 g/mol. The first-order valence-corrected chi connectivity index (χ1v) is 7.23. The Morgan fingerprint density at radius 1 is 1.28 bits per heavy atom. The summed E-state index contributed by atoms with van der Waals surface area (Å²) in [4.78, 5) is 2.55. The van der Waals surface area contributed by atoms with Crippen LogP contribution in [0.5, 0.6) is 0 Å². The Bertz CT molecular complexity index is 375. The van der Waals surface area contributed by atoms with Gasteiger partial charge in [-0.1, -0.05) is 0 Å². The third-order valence-electron chi connectivity index (χ3n) is 4.14. The maximum Gasteiger partial charge on any atom is 0.0534 e. The van der Waals surface area contributed by atoms with E-state index in [0.29, 0.717) is 0 Å². The van der Waals surface area contributed by atoms with Crippen molar-refractivity contribution in [1.29, 1.82) is 0 Å². The normalized spacial score (nSPS) is 22.5. The van der Waals surface area contributed by atoms with Crippen LogP contribution in [0.3, 0.4) is 0 Å². The van der Waals surface area contributed by atoms with E-state index in [4.69, 9.17) is 0 Å². The molecule has 0 atom stereocenters. The molecule has 0 spiro atoms. The highest BCUT2D eigenvalue weighted by molar-refractivity contribution is 5.03. The van der Waals surface area contributed by atoms with Crippen molar-refractivity contribution < 1.29 is 0 Å². The zero-order valence-electron chi connectivity index (χ0n) is 11.3. The Morgan fingerprint density at radius 2 is 2.06 bits per heavy atom. The van der Waals surface area contributed by atoms with Crippen molar-refractivity contribution in [3.05, 3.63) is 18.0 Å². The van der Waals surface area contributed by atoms with E-state index < -0.39 is 0 Å². The fraction of sp³-hybridized carbons (Fsp3) is 0.786. The Hall–Kier alpha value is -0.870. The molecule has 1 aliphatic carbocycles. The van der Waals surface area contributed by atoms with Crippen molar-refractivity contribution in [3.63, 3.8) is 0 Å². The smallest absolute Gasteiger partial charge is 0.0534 e. The first kappa shape index (κ1) is 12.2. The lowest BCUT2D eigenvalue weighted by molar-refractivity contribution is 0.190. The molecule has 1 N–H and O–H groups in total. The molecule has 0 bridgehead atoms. The summed E-state index contributed by atoms with van der Waals surface area (Å²) in [5, 5.41) is 7.96. The predicted octanol–water partition coefficient (Wildman–Crippen LogP) is 1.38. The summed E-state index contributed by atoms with van der Waals surface area (Å²) in [6.07, 6.45) is 9.61. The SMILES string of the molecule is Cn1cc(CN2CCC(NCC3CC3)CC2)cn1. The lowest BCUT2D eigenvalue weighted by atomic mass is 10.0. The molecule has 1 aliphatic heterocycles. The van der Waals surface area contributed by atoms with Crippen LogP contribution in [0.1, 0.15) is 31.2 Å². The average Bonchev–Trinajstić information content (AvgIpc) is 3.12. The number of rotatable bonds is 5. The molecule has 0 amide bonds. The molecule has 1 aromatic rings. The summed E-state index contributed by atoms with van der Waals surface area (Å²) >= 11 is 0. The van der Waals surface area contributed by atoms with Gasteiger partial charge in [0.05, 0.1) is 6.20 Å². The van der Waals surface area contributed by atoms with Gasteiger partial charge in [-0.15, -0.1) is 0 Å². The minimum absolute atomic E-state index is 0.760. The summed E-state index contributed by atoms with van der Waals surface area (Å²) in [5.41, 5.74) is 1.34. The van der Waals surface area contributed by atoms with Crippen LogP contribution >= 0.6 is 0 Å². The molecule has 18 heavy (non-hydrogen) atoms. The van der Waals surface area contributed by atoms with Crippen LogP contribution in [0, 0.1) is 5.92 Å². The Morgan fingerprint density at radius 3 is 2.67 bits per heavy atom. The number of likely N-dealkylation sites (tertiary alicyclic amines) is 1. The quantitative estimate of drug-likeness (QED) is 0.854. The van der Waals surface area contributed by atoms with E-state index in [0.717, 1.165) is 18.5 Å². The molecule has 2 fully saturated rings. The van der Waals surface area contributed by atoms with Crippen molar-refractivity contribution in [3.8, 4) is 0 Å². The molecule has 4 heteroatoms. The van der Waals surface area contributed by atoms with E-state index in [1.54, 1.807) is 0 Å². The largest absolute Gasteiger partial charge is 0.314 e. The van der Waals surface area contributed by atoms with Gasteiger partial charge in [0.1, 0.15) is 0 Å². The van der Waals surface area contributed by atoms with Gasteiger partial charge in [0.15, 0.2) is 0 Å². The number of piperidine rings is 1. The molecule has 2 aliphatic rings. The summed E-state index contributed by atoms with van der Waals surface area (Å²) in [6, 6.07) is 0.760. The van der Waals surface area contributed by atoms with Gasteiger partial charge in [0.25, 0.3) is 0 Å². The summed E-state index contributed by atoms with van der Waals surface area (Å²) < 4.78 is 1.89. The second-order valence-electron chi connectivity index (χ2n) is 5.92. The summed E-state index contributed by atoms with van der Waals surface area (Å²) in [5.74, 6) is 0.999. The van der Waals surface area contributed by atoms with Gasteiger partial charge in [0, 0.05) is 31.4 Å². The Labute approximate surface area is 109 Å². The zero-order chi connectivity index (χ0) is 12.4. The second-order valence-corrected chi connectivity index (χ2v) is 5.92. The van der Waals surface area contributed by atoms with Crippen molar-refractivity contribution in [2.24, 2.45) is 13.0 Å². The van der Waals surface area contributed by atoms with E-state index in [2.05, 4.69) is 21.5 Å². The van der Waals surface area contributed by atoms with Crippen LogP contribution in [0.25, 0.3) is 0 Å². The maximum atomic E-state index is 4.23. The van der Waals surface area contributed by atoms with Gasteiger partial charge >= 0.3 is 0 Å². The molecule has 1 saturated carbocycles. The van der Waals surface area contributed by atoms with E-state index in [9.17, 15) is 0 Å². The minimum Gasteiger partial charge on any atom is -0.314 e. The van der Waals surface area contributed by atoms with Gasteiger partial charge in [-0.3, -0.25) is 9.58 Å². The molecule has 0 radical (unpaired) electrons. The van der Waals surface area contributed by atoms with Crippen molar-refractivity contribution in [2.45, 2.75) is 38.3 Å². The first-order chi connectivity index (χ1) is 8.79.